The lowest BCUT2D eigenvalue weighted by molar-refractivity contribution is -0.140. The van der Waals surface area contributed by atoms with Crippen LogP contribution in [0.15, 0.2) is 0 Å². The van der Waals surface area contributed by atoms with E-state index in [0.29, 0.717) is 12.8 Å². The van der Waals surface area contributed by atoms with Gasteiger partial charge in [-0.3, -0.25) is 9.59 Å². The fourth-order valence-electron chi connectivity index (χ4n) is 0.849. The Labute approximate surface area is 91.0 Å². The molecule has 0 aromatic rings. The summed E-state index contributed by atoms with van der Waals surface area (Å²) in [5.41, 5.74) is 0. The molecule has 0 aliphatic carbocycles. The van der Waals surface area contributed by atoms with Crippen molar-refractivity contribution in [2.24, 2.45) is 0 Å². The van der Waals surface area contributed by atoms with E-state index >= 15 is 0 Å². The summed E-state index contributed by atoms with van der Waals surface area (Å²) in [5.74, 6) is -2.11. The summed E-state index contributed by atoms with van der Waals surface area (Å²) in [6.07, 6.45) is 0.703. The Morgan fingerprint density at radius 3 is 2.33 bits per heavy atom. The SMILES string of the molecule is CCC(SCC(NC=O)C(=O)O)C(=O)O. The van der Waals surface area contributed by atoms with Gasteiger partial charge in [-0.05, 0) is 6.42 Å². The Morgan fingerprint density at radius 2 is 2.00 bits per heavy atom. The van der Waals surface area contributed by atoms with Crippen molar-refractivity contribution >= 4 is 30.1 Å². The number of hydrogen-bond acceptors (Lipinski definition) is 4. The number of carboxylic acids is 2. The Bertz CT molecular complexity index is 245. The molecule has 15 heavy (non-hydrogen) atoms. The molecule has 2 unspecified atom stereocenters. The minimum atomic E-state index is -1.17. The second kappa shape index (κ2) is 7.10. The van der Waals surface area contributed by atoms with Crippen LogP contribution in [-0.4, -0.2) is 45.6 Å². The average molecular weight is 235 g/mol. The number of aliphatic carboxylic acids is 2. The average Bonchev–Trinajstić information content (AvgIpc) is 2.16. The van der Waals surface area contributed by atoms with Gasteiger partial charge in [-0.1, -0.05) is 6.92 Å². The van der Waals surface area contributed by atoms with Gasteiger partial charge in [0.2, 0.25) is 6.41 Å². The van der Waals surface area contributed by atoms with Crippen molar-refractivity contribution in [1.29, 1.82) is 0 Å². The minimum absolute atomic E-state index is 0.0406. The highest BCUT2D eigenvalue weighted by Gasteiger charge is 2.21. The van der Waals surface area contributed by atoms with Crippen molar-refractivity contribution in [1.82, 2.24) is 5.32 Å². The molecule has 6 nitrogen and oxygen atoms in total. The molecule has 0 aliphatic rings. The molecule has 0 heterocycles. The van der Waals surface area contributed by atoms with E-state index < -0.39 is 23.2 Å². The molecular weight excluding hydrogens is 222 g/mol. The maximum absolute atomic E-state index is 10.6. The van der Waals surface area contributed by atoms with Crippen LogP contribution >= 0.6 is 11.8 Å². The zero-order valence-electron chi connectivity index (χ0n) is 8.17. The maximum atomic E-state index is 10.6. The van der Waals surface area contributed by atoms with Crippen LogP contribution in [0.25, 0.3) is 0 Å². The zero-order chi connectivity index (χ0) is 11.8. The number of carbonyl (C=O) groups excluding carboxylic acids is 1. The molecule has 0 aliphatic heterocycles. The van der Waals surface area contributed by atoms with Crippen molar-refractivity contribution in [3.05, 3.63) is 0 Å². The number of carbonyl (C=O) groups is 3. The molecule has 2 atom stereocenters. The van der Waals surface area contributed by atoms with Crippen LogP contribution in [0.5, 0.6) is 0 Å². The smallest absolute Gasteiger partial charge is 0.327 e. The molecule has 0 rings (SSSR count). The summed E-state index contributed by atoms with van der Waals surface area (Å²) in [6.45, 7) is 1.70. The van der Waals surface area contributed by atoms with Crippen molar-refractivity contribution in [3.8, 4) is 0 Å². The first-order valence-corrected chi connectivity index (χ1v) is 5.34. The van der Waals surface area contributed by atoms with Crippen LogP contribution in [0.1, 0.15) is 13.3 Å². The first kappa shape index (κ1) is 13.8. The number of amides is 1. The third kappa shape index (κ3) is 5.26. The molecule has 3 N–H and O–H groups in total. The summed E-state index contributed by atoms with van der Waals surface area (Å²) >= 11 is 1.00. The predicted molar refractivity (Wildman–Crippen MR) is 54.8 cm³/mol. The number of nitrogens with one attached hydrogen (secondary N) is 1. The van der Waals surface area contributed by atoms with E-state index in [0.717, 1.165) is 11.8 Å². The molecule has 0 aromatic carbocycles. The third-order valence-corrected chi connectivity index (χ3v) is 3.14. The predicted octanol–water partition coefficient (Wildman–Crippen LogP) is -0.218. The highest BCUT2D eigenvalue weighted by molar-refractivity contribution is 8.00. The Hall–Kier alpha value is -1.24. The van der Waals surface area contributed by atoms with E-state index in [9.17, 15) is 14.4 Å². The Balaban J connectivity index is 4.12. The van der Waals surface area contributed by atoms with Gasteiger partial charge in [-0.15, -0.1) is 11.8 Å². The van der Waals surface area contributed by atoms with Gasteiger partial charge in [-0.25, -0.2) is 4.79 Å². The van der Waals surface area contributed by atoms with E-state index in [-0.39, 0.29) is 5.75 Å². The van der Waals surface area contributed by atoms with Crippen molar-refractivity contribution in [2.45, 2.75) is 24.6 Å². The third-order valence-electron chi connectivity index (χ3n) is 1.68. The topological polar surface area (TPSA) is 104 Å². The normalized spacial score (nSPS) is 13.9. The summed E-state index contributed by atoms with van der Waals surface area (Å²) in [6, 6.07) is -1.04. The van der Waals surface area contributed by atoms with E-state index in [1.807, 2.05) is 0 Å². The summed E-state index contributed by atoms with van der Waals surface area (Å²) < 4.78 is 0. The molecule has 0 spiro atoms. The van der Waals surface area contributed by atoms with Crippen molar-refractivity contribution in [3.63, 3.8) is 0 Å². The van der Waals surface area contributed by atoms with Gasteiger partial charge in [0.05, 0.1) is 0 Å². The molecule has 0 fully saturated rings. The molecule has 0 saturated heterocycles. The van der Waals surface area contributed by atoms with Gasteiger partial charge >= 0.3 is 11.9 Å². The van der Waals surface area contributed by atoms with Gasteiger partial charge in [0.15, 0.2) is 0 Å². The molecule has 86 valence electrons. The molecule has 7 heteroatoms. The molecule has 1 amide bonds. The first-order chi connectivity index (χ1) is 7.02. The van der Waals surface area contributed by atoms with Crippen molar-refractivity contribution in [2.75, 3.05) is 5.75 Å². The quantitative estimate of drug-likeness (QED) is 0.502. The Kier molecular flexibility index (Phi) is 6.52. The second-order valence-corrected chi connectivity index (χ2v) is 3.98. The lowest BCUT2D eigenvalue weighted by atomic mass is 10.3. The number of rotatable bonds is 8. The molecule has 0 bridgehead atoms. The fraction of sp³-hybridized carbons (Fsp3) is 0.625. The maximum Gasteiger partial charge on any atom is 0.327 e. The lowest BCUT2D eigenvalue weighted by Gasteiger charge is -2.13. The molecule has 0 saturated carbocycles. The highest BCUT2D eigenvalue weighted by atomic mass is 32.2. The van der Waals surface area contributed by atoms with Crippen LogP contribution in [0.4, 0.5) is 0 Å². The second-order valence-electron chi connectivity index (χ2n) is 2.74. The van der Waals surface area contributed by atoms with E-state index in [1.165, 1.54) is 0 Å². The van der Waals surface area contributed by atoms with Gasteiger partial charge in [-0.2, -0.15) is 0 Å². The lowest BCUT2D eigenvalue weighted by Crippen LogP contribution is -2.38. The van der Waals surface area contributed by atoms with E-state index in [2.05, 4.69) is 5.32 Å². The minimum Gasteiger partial charge on any atom is -0.480 e. The largest absolute Gasteiger partial charge is 0.480 e. The van der Waals surface area contributed by atoms with Crippen LogP contribution < -0.4 is 5.32 Å². The first-order valence-electron chi connectivity index (χ1n) is 4.29. The monoisotopic (exact) mass is 235 g/mol. The van der Waals surface area contributed by atoms with Crippen LogP contribution in [0.2, 0.25) is 0 Å². The molecule has 0 aromatic heterocycles. The van der Waals surface area contributed by atoms with Gasteiger partial charge in [0, 0.05) is 5.75 Å². The van der Waals surface area contributed by atoms with Crippen LogP contribution in [0, 0.1) is 0 Å². The summed E-state index contributed by atoms with van der Waals surface area (Å²) in [4.78, 5) is 31.3. The van der Waals surface area contributed by atoms with Crippen LogP contribution in [0.3, 0.4) is 0 Å². The van der Waals surface area contributed by atoms with E-state index in [4.69, 9.17) is 10.2 Å². The number of carboxylic acid groups (broad SMARTS) is 2. The summed E-state index contributed by atoms with van der Waals surface area (Å²) in [5, 5.41) is 18.8. The van der Waals surface area contributed by atoms with Gasteiger partial charge in [0.1, 0.15) is 11.3 Å². The Morgan fingerprint density at radius 1 is 1.40 bits per heavy atom. The van der Waals surface area contributed by atoms with E-state index in [1.54, 1.807) is 6.92 Å². The molecular formula is C8H13NO5S. The van der Waals surface area contributed by atoms with Gasteiger partial charge < -0.3 is 15.5 Å². The highest BCUT2D eigenvalue weighted by Crippen LogP contribution is 2.15. The van der Waals surface area contributed by atoms with Gasteiger partial charge in [0.25, 0.3) is 0 Å². The number of thioether (sulfide) groups is 1. The van der Waals surface area contributed by atoms with Crippen molar-refractivity contribution < 1.29 is 24.6 Å². The molecule has 0 radical (unpaired) electrons. The fourth-order valence-corrected chi connectivity index (χ4v) is 1.89. The summed E-state index contributed by atoms with van der Waals surface area (Å²) in [7, 11) is 0. The van der Waals surface area contributed by atoms with Crippen LogP contribution in [-0.2, 0) is 14.4 Å². The standard InChI is InChI=1S/C8H13NO5S/c1-2-6(8(13)14)15-3-5(7(11)12)9-4-10/h4-6H,2-3H2,1H3,(H,9,10)(H,11,12)(H,13,14). The zero-order valence-corrected chi connectivity index (χ0v) is 8.99. The number of hydrogen-bond donors (Lipinski definition) is 3.